The normalized spacial score (nSPS) is 26.8. The highest BCUT2D eigenvalue weighted by molar-refractivity contribution is 6.31. The van der Waals surface area contributed by atoms with E-state index in [-0.39, 0.29) is 0 Å². The van der Waals surface area contributed by atoms with Gasteiger partial charge in [0.05, 0.1) is 0 Å². The summed E-state index contributed by atoms with van der Waals surface area (Å²) in [5, 5.41) is 4.61. The first kappa shape index (κ1) is 12.9. The lowest BCUT2D eigenvalue weighted by atomic mass is 9.85. The van der Waals surface area contributed by atoms with Gasteiger partial charge in [-0.3, -0.25) is 0 Å². The third-order valence-corrected chi connectivity index (χ3v) is 4.29. The van der Waals surface area contributed by atoms with Gasteiger partial charge in [0.25, 0.3) is 0 Å². The van der Waals surface area contributed by atoms with Crippen molar-refractivity contribution >= 4 is 11.6 Å². The molecule has 0 aliphatic heterocycles. The number of rotatable bonds is 3. The van der Waals surface area contributed by atoms with Crippen LogP contribution in [0, 0.1) is 5.92 Å². The van der Waals surface area contributed by atoms with E-state index in [9.17, 15) is 0 Å². The van der Waals surface area contributed by atoms with Crippen LogP contribution in [0.4, 0.5) is 0 Å². The van der Waals surface area contributed by atoms with Crippen LogP contribution in [0.15, 0.2) is 24.3 Å². The molecule has 1 aliphatic carbocycles. The highest BCUT2D eigenvalue weighted by atomic mass is 35.5. The van der Waals surface area contributed by atoms with Crippen LogP contribution in [0.25, 0.3) is 0 Å². The fourth-order valence-electron chi connectivity index (χ4n) is 2.80. The molecule has 17 heavy (non-hydrogen) atoms. The molecule has 1 aromatic carbocycles. The minimum atomic E-state index is 0.342. The summed E-state index contributed by atoms with van der Waals surface area (Å²) in [5.41, 5.74) is 1.21. The van der Waals surface area contributed by atoms with Crippen LogP contribution >= 0.6 is 11.6 Å². The van der Waals surface area contributed by atoms with Crippen molar-refractivity contribution in [1.29, 1.82) is 0 Å². The van der Waals surface area contributed by atoms with Gasteiger partial charge in [0.1, 0.15) is 0 Å². The molecule has 3 atom stereocenters. The van der Waals surface area contributed by atoms with Gasteiger partial charge in [0, 0.05) is 17.1 Å². The first-order valence-electron chi connectivity index (χ1n) is 6.69. The van der Waals surface area contributed by atoms with Crippen molar-refractivity contribution in [1.82, 2.24) is 5.32 Å². The number of benzene rings is 1. The Kier molecular flexibility index (Phi) is 4.47. The molecule has 0 bridgehead atoms. The largest absolute Gasteiger partial charge is 0.307 e. The molecular weight excluding hydrogens is 230 g/mol. The molecule has 1 aliphatic rings. The van der Waals surface area contributed by atoms with Crippen molar-refractivity contribution in [2.75, 3.05) is 0 Å². The van der Waals surface area contributed by atoms with Gasteiger partial charge < -0.3 is 5.32 Å². The van der Waals surface area contributed by atoms with Gasteiger partial charge in [-0.05, 0) is 37.3 Å². The first-order chi connectivity index (χ1) is 8.18. The molecule has 1 aromatic rings. The second kappa shape index (κ2) is 5.88. The monoisotopic (exact) mass is 251 g/mol. The van der Waals surface area contributed by atoms with Crippen LogP contribution in [-0.2, 0) is 0 Å². The van der Waals surface area contributed by atoms with E-state index in [0.717, 1.165) is 10.9 Å². The average Bonchev–Trinajstić information content (AvgIpc) is 2.32. The van der Waals surface area contributed by atoms with Crippen molar-refractivity contribution in [3.05, 3.63) is 34.9 Å². The quantitative estimate of drug-likeness (QED) is 0.830. The smallest absolute Gasteiger partial charge is 0.0453 e. The fraction of sp³-hybridized carbons (Fsp3) is 0.600. The first-order valence-corrected chi connectivity index (χ1v) is 7.06. The van der Waals surface area contributed by atoms with E-state index < -0.39 is 0 Å². The molecule has 2 rings (SSSR count). The highest BCUT2D eigenvalue weighted by Crippen LogP contribution is 2.28. The Bertz CT molecular complexity index is 364. The van der Waals surface area contributed by atoms with E-state index in [1.54, 1.807) is 0 Å². The molecule has 94 valence electrons. The summed E-state index contributed by atoms with van der Waals surface area (Å²) in [4.78, 5) is 0. The number of nitrogens with one attached hydrogen (secondary N) is 1. The maximum Gasteiger partial charge on any atom is 0.0453 e. The average molecular weight is 252 g/mol. The van der Waals surface area contributed by atoms with Crippen LogP contribution < -0.4 is 5.32 Å². The molecule has 1 N–H and O–H groups in total. The fourth-order valence-corrected chi connectivity index (χ4v) is 3.10. The summed E-state index contributed by atoms with van der Waals surface area (Å²) in [5.74, 6) is 0.786. The molecule has 0 heterocycles. The van der Waals surface area contributed by atoms with Gasteiger partial charge in [-0.15, -0.1) is 0 Å². The molecular formula is C15H22ClN. The van der Waals surface area contributed by atoms with E-state index >= 15 is 0 Å². The Hall–Kier alpha value is -0.530. The second-order valence-corrected chi connectivity index (χ2v) is 5.69. The van der Waals surface area contributed by atoms with Crippen LogP contribution in [-0.4, -0.2) is 6.04 Å². The van der Waals surface area contributed by atoms with Crippen molar-refractivity contribution in [3.8, 4) is 0 Å². The lowest BCUT2D eigenvalue weighted by Crippen LogP contribution is -2.38. The third kappa shape index (κ3) is 3.23. The molecule has 2 heteroatoms. The van der Waals surface area contributed by atoms with Crippen LogP contribution in [0.5, 0.6) is 0 Å². The maximum absolute atomic E-state index is 6.23. The van der Waals surface area contributed by atoms with E-state index in [1.807, 2.05) is 12.1 Å². The lowest BCUT2D eigenvalue weighted by molar-refractivity contribution is 0.263. The SMILES string of the molecule is CC(N[C@H]1CCCC[C@@H]1C)c1ccccc1Cl. The Morgan fingerprint density at radius 2 is 1.94 bits per heavy atom. The summed E-state index contributed by atoms with van der Waals surface area (Å²) in [6.07, 6.45) is 5.40. The Morgan fingerprint density at radius 3 is 2.65 bits per heavy atom. The zero-order chi connectivity index (χ0) is 12.3. The predicted octanol–water partition coefficient (Wildman–Crippen LogP) is 4.57. The van der Waals surface area contributed by atoms with Gasteiger partial charge in [0.2, 0.25) is 0 Å². The molecule has 0 radical (unpaired) electrons. The molecule has 0 amide bonds. The number of hydrogen-bond donors (Lipinski definition) is 1. The standard InChI is InChI=1S/C15H22ClN/c1-11-7-3-6-10-15(11)17-12(2)13-8-4-5-9-14(13)16/h4-5,8-9,11-12,15,17H,3,6-7,10H2,1-2H3/t11-,12?,15-/m0/s1. The van der Waals surface area contributed by atoms with E-state index in [2.05, 4.69) is 31.3 Å². The number of hydrogen-bond acceptors (Lipinski definition) is 1. The van der Waals surface area contributed by atoms with Gasteiger partial charge in [-0.2, -0.15) is 0 Å². The maximum atomic E-state index is 6.23. The summed E-state index contributed by atoms with van der Waals surface area (Å²) in [6.45, 7) is 4.57. The summed E-state index contributed by atoms with van der Waals surface area (Å²) in [6, 6.07) is 9.13. The van der Waals surface area contributed by atoms with Gasteiger partial charge in [0.15, 0.2) is 0 Å². The van der Waals surface area contributed by atoms with Crippen molar-refractivity contribution in [2.24, 2.45) is 5.92 Å². The molecule has 1 unspecified atom stereocenters. The van der Waals surface area contributed by atoms with Gasteiger partial charge >= 0.3 is 0 Å². The van der Waals surface area contributed by atoms with Gasteiger partial charge in [-0.25, -0.2) is 0 Å². The van der Waals surface area contributed by atoms with Crippen LogP contribution in [0.3, 0.4) is 0 Å². The summed E-state index contributed by atoms with van der Waals surface area (Å²) in [7, 11) is 0. The molecule has 0 saturated heterocycles. The van der Waals surface area contributed by atoms with E-state index in [4.69, 9.17) is 11.6 Å². The van der Waals surface area contributed by atoms with Crippen molar-refractivity contribution < 1.29 is 0 Å². The van der Waals surface area contributed by atoms with Crippen LogP contribution in [0.1, 0.15) is 51.1 Å². The van der Waals surface area contributed by atoms with E-state index in [1.165, 1.54) is 31.2 Å². The zero-order valence-electron chi connectivity index (χ0n) is 10.7. The molecule has 0 aromatic heterocycles. The molecule has 1 nitrogen and oxygen atoms in total. The second-order valence-electron chi connectivity index (χ2n) is 5.28. The number of halogens is 1. The Morgan fingerprint density at radius 1 is 1.24 bits per heavy atom. The topological polar surface area (TPSA) is 12.0 Å². The molecule has 1 fully saturated rings. The summed E-state index contributed by atoms with van der Waals surface area (Å²) < 4.78 is 0. The Balaban J connectivity index is 2.01. The van der Waals surface area contributed by atoms with Gasteiger partial charge in [-0.1, -0.05) is 49.6 Å². The third-order valence-electron chi connectivity index (χ3n) is 3.95. The highest BCUT2D eigenvalue weighted by Gasteiger charge is 2.23. The van der Waals surface area contributed by atoms with E-state index in [0.29, 0.717) is 12.1 Å². The predicted molar refractivity (Wildman–Crippen MR) is 74.4 cm³/mol. The lowest BCUT2D eigenvalue weighted by Gasteiger charge is -2.32. The minimum absolute atomic E-state index is 0.342. The molecule has 0 spiro atoms. The zero-order valence-corrected chi connectivity index (χ0v) is 11.5. The minimum Gasteiger partial charge on any atom is -0.307 e. The molecule has 1 saturated carbocycles. The summed E-state index contributed by atoms with van der Waals surface area (Å²) >= 11 is 6.23. The van der Waals surface area contributed by atoms with Crippen molar-refractivity contribution in [3.63, 3.8) is 0 Å². The van der Waals surface area contributed by atoms with Crippen LogP contribution in [0.2, 0.25) is 5.02 Å². The Labute approximate surface area is 110 Å². The van der Waals surface area contributed by atoms with Crippen molar-refractivity contribution in [2.45, 2.75) is 51.6 Å².